The van der Waals surface area contributed by atoms with Crippen LogP contribution in [0.15, 0.2) is 122 Å². The zero-order valence-electron chi connectivity index (χ0n) is 61.8. The van der Waals surface area contributed by atoms with Gasteiger partial charge < -0.3 is 93.0 Å². The maximum Gasteiger partial charge on any atom is 0.315 e. The van der Waals surface area contributed by atoms with Crippen LogP contribution in [0.3, 0.4) is 0 Å². The lowest BCUT2D eigenvalue weighted by Crippen LogP contribution is -2.61. The number of ether oxygens (including phenoxy) is 3. The third kappa shape index (κ3) is 22.5. The van der Waals surface area contributed by atoms with Crippen molar-refractivity contribution in [1.29, 1.82) is 0 Å². The van der Waals surface area contributed by atoms with Gasteiger partial charge in [0.25, 0.3) is 0 Å². The van der Waals surface area contributed by atoms with Crippen LogP contribution in [0.2, 0.25) is 0 Å². The fourth-order valence-corrected chi connectivity index (χ4v) is 15.8. The van der Waals surface area contributed by atoms with E-state index >= 15 is 19.2 Å². The molecular weight excluding hydrogens is 1450 g/mol. The number of thioether (sulfide) groups is 1. The molecule has 7 heterocycles. The van der Waals surface area contributed by atoms with Crippen molar-refractivity contribution >= 4 is 110 Å². The third-order valence-electron chi connectivity index (χ3n) is 19.9. The number of carbonyl (C=O) groups is 11. The lowest BCUT2D eigenvalue weighted by Gasteiger charge is -2.28. The quantitative estimate of drug-likeness (QED) is 0.0242. The molecule has 34 heteroatoms. The first-order chi connectivity index (χ1) is 53.6. The molecule has 8 aromatic rings. The highest BCUT2D eigenvalue weighted by atomic mass is 32.2. The molecule has 0 spiro atoms. The molecule has 3 aliphatic rings. The Balaban J connectivity index is 0.817. The Kier molecular flexibility index (Phi) is 28.3. The lowest BCUT2D eigenvalue weighted by molar-refractivity contribution is -0.136. The van der Waals surface area contributed by atoms with E-state index in [0.717, 1.165) is 64.5 Å². The van der Waals surface area contributed by atoms with Crippen LogP contribution in [0.4, 0.5) is 9.18 Å². The number of hydrogen-bond donors (Lipinski definition) is 13. The van der Waals surface area contributed by atoms with Gasteiger partial charge in [0.2, 0.25) is 59.1 Å². The first-order valence-electron chi connectivity index (χ1n) is 37.2. The van der Waals surface area contributed by atoms with E-state index in [1.807, 2.05) is 101 Å². The van der Waals surface area contributed by atoms with Crippen LogP contribution in [-0.4, -0.2) is 206 Å². The summed E-state index contributed by atoms with van der Waals surface area (Å²) in [4.78, 5) is 159. The van der Waals surface area contributed by atoms with E-state index in [2.05, 4.69) is 68.5 Å². The maximum absolute atomic E-state index is 15.6. The van der Waals surface area contributed by atoms with Crippen LogP contribution >= 0.6 is 11.8 Å². The number of nitrogens with one attached hydrogen (secondary N) is 11. The average Bonchev–Trinajstić information content (AvgIpc) is 1.67. The van der Waals surface area contributed by atoms with Gasteiger partial charge in [0.15, 0.2) is 0 Å². The summed E-state index contributed by atoms with van der Waals surface area (Å²) in [5.74, 6) is -8.11. The number of nitrogens with zero attached hydrogens (tertiary/aromatic N) is 5. The average molecular weight is 1550 g/mol. The number of aryl methyl sites for hydroxylation is 3. The summed E-state index contributed by atoms with van der Waals surface area (Å²) >= 11 is 1.84. The van der Waals surface area contributed by atoms with Crippen LogP contribution < -0.4 is 64.6 Å². The number of hydrogen-bond acceptors (Lipinski definition) is 17. The molecule has 4 aromatic heterocycles. The predicted molar refractivity (Wildman–Crippen MR) is 409 cm³/mol. The molecule has 2 fully saturated rings. The highest BCUT2D eigenvalue weighted by molar-refractivity contribution is 8.00. The molecule has 4 aromatic carbocycles. The molecule has 2 saturated heterocycles. The molecule has 1 unspecified atom stereocenters. The number of nitrogens with two attached hydrogens (primary N) is 2. The summed E-state index contributed by atoms with van der Waals surface area (Å²) in [7, 11) is 3.62. The topological polar surface area (TPSA) is 444 Å². The number of para-hydroxylation sites is 3. The van der Waals surface area contributed by atoms with Crippen molar-refractivity contribution in [3.63, 3.8) is 0 Å². The van der Waals surface area contributed by atoms with Crippen LogP contribution in [0.1, 0.15) is 79.3 Å². The van der Waals surface area contributed by atoms with E-state index in [9.17, 15) is 38.0 Å². The molecule has 11 rings (SSSR count). The molecule has 15 N–H and O–H groups in total. The summed E-state index contributed by atoms with van der Waals surface area (Å²) in [6.07, 6.45) is 8.34. The molecule has 32 nitrogen and oxygen atoms in total. The molecular formula is C77H95FN18O14S. The van der Waals surface area contributed by atoms with Gasteiger partial charge in [-0.15, -0.1) is 5.10 Å². The number of benzene rings is 4. The van der Waals surface area contributed by atoms with Crippen molar-refractivity contribution in [3.05, 3.63) is 156 Å². The Morgan fingerprint density at radius 3 is 1.81 bits per heavy atom. The van der Waals surface area contributed by atoms with Gasteiger partial charge in [0.05, 0.1) is 57.2 Å². The summed E-state index contributed by atoms with van der Waals surface area (Å²) in [5, 5.41) is 39.1. The minimum absolute atomic E-state index is 0.0399. The summed E-state index contributed by atoms with van der Waals surface area (Å²) in [6, 6.07) is 16.5. The number of unbranched alkanes of at least 4 members (excludes halogenated alkanes) is 1. The lowest BCUT2D eigenvalue weighted by atomic mass is 9.99. The molecule has 0 saturated carbocycles. The summed E-state index contributed by atoms with van der Waals surface area (Å²) < 4.78 is 36.5. The monoisotopic (exact) mass is 1550 g/mol. The highest BCUT2D eigenvalue weighted by Gasteiger charge is 2.43. The minimum atomic E-state index is -1.85. The maximum atomic E-state index is 15.6. The van der Waals surface area contributed by atoms with Crippen LogP contribution in [0.5, 0.6) is 0 Å². The Morgan fingerprint density at radius 1 is 0.595 bits per heavy atom. The smallest absolute Gasteiger partial charge is 0.315 e. The molecule has 111 heavy (non-hydrogen) atoms. The van der Waals surface area contributed by atoms with Gasteiger partial charge in [-0.05, 0) is 84.7 Å². The molecule has 0 aliphatic carbocycles. The fraction of sp³-hybridized carbons (Fsp3) is 0.442. The summed E-state index contributed by atoms with van der Waals surface area (Å²) in [6.45, 7) is 0.559. The number of aromatic nitrogens is 6. The number of amides is 12. The standard InChI is InChI=1S/C77H95FN18O14S/c1-94-40-47(52-14-4-7-18-63(52)94)35-58-73(103)86-57(34-46-39-82-54-16-6-3-13-51(46)54)72(102)84-55(70(80)100)17-11-12-27-96-42-50(92-93-96)37-60(83-68(99)43-110-32-31-109-30-29-108-28-26-81-67(98)21-10-9-20-65-69-62(44-111-65)90-77(107)91-69)75(105)85-56(33-45-22-24-49(78)25-23-45)71(101)89-61(38-66(79)97)76(106)88-59(74(104)87-58)36-48-41-95(2)64-19-8-5-15-53(48)64/h3-8,13-16,18-19,22-25,39-42,55-62,65,69,82H,9-12,17,20-21,26-38,43-44H2,1-2H3,(H2,79,97)(H2,80,100)(H,81,98)(H,83,99)(H,84,102)(H,85,105)(H,86,103)(H,87,104)(H,88,106)(H,89,101)(H2,90,91,107)/t55-,56-,57+,58-,59-,60-,61+,62-,65?,69-/m0/s1. The predicted octanol–water partition coefficient (Wildman–Crippen LogP) is 1.23. The van der Waals surface area contributed by atoms with Crippen LogP contribution in [0, 0.1) is 5.82 Å². The van der Waals surface area contributed by atoms with Crippen molar-refractivity contribution < 1.29 is 71.3 Å². The number of fused-ring (bicyclic) bond motifs is 6. The van der Waals surface area contributed by atoms with E-state index < -0.39 is 114 Å². The molecule has 0 radical (unpaired) electrons. The van der Waals surface area contributed by atoms with Gasteiger partial charge in [0, 0.05) is 134 Å². The van der Waals surface area contributed by atoms with Crippen molar-refractivity contribution in [2.24, 2.45) is 25.6 Å². The highest BCUT2D eigenvalue weighted by Crippen LogP contribution is 2.33. The fourth-order valence-electron chi connectivity index (χ4n) is 14.2. The largest absolute Gasteiger partial charge is 0.377 e. The Morgan fingerprint density at radius 2 is 1.16 bits per heavy atom. The zero-order chi connectivity index (χ0) is 78.5. The second-order valence-corrected chi connectivity index (χ2v) is 29.4. The first-order valence-corrected chi connectivity index (χ1v) is 38.3. The third-order valence-corrected chi connectivity index (χ3v) is 21.4. The van der Waals surface area contributed by atoms with Crippen molar-refractivity contribution in [3.8, 4) is 0 Å². The number of H-pyrrole nitrogens is 1. The van der Waals surface area contributed by atoms with E-state index in [-0.39, 0.29) is 108 Å². The summed E-state index contributed by atoms with van der Waals surface area (Å²) in [5.41, 5.74) is 16.5. The van der Waals surface area contributed by atoms with Gasteiger partial charge in [-0.1, -0.05) is 78.4 Å². The van der Waals surface area contributed by atoms with Gasteiger partial charge in [0.1, 0.15) is 54.7 Å². The Hall–Kier alpha value is -11.2. The molecule has 10 atom stereocenters. The Bertz CT molecular complexity index is 4640. The van der Waals surface area contributed by atoms with Crippen molar-refractivity contribution in [2.45, 2.75) is 150 Å². The number of carbonyl (C=O) groups excluding carboxylic acids is 11. The van der Waals surface area contributed by atoms with Gasteiger partial charge in [-0.2, -0.15) is 11.8 Å². The number of primary amides is 2. The molecule has 590 valence electrons. The van der Waals surface area contributed by atoms with E-state index in [4.69, 9.17) is 25.7 Å². The molecule has 2 bridgehead atoms. The molecule has 3 aliphatic heterocycles. The number of halogens is 1. The van der Waals surface area contributed by atoms with Gasteiger partial charge >= 0.3 is 6.03 Å². The number of aromatic amines is 1. The number of rotatable bonds is 28. The van der Waals surface area contributed by atoms with Gasteiger partial charge in [-0.3, -0.25) is 52.6 Å². The van der Waals surface area contributed by atoms with E-state index in [1.54, 1.807) is 25.5 Å². The van der Waals surface area contributed by atoms with Crippen LogP contribution in [-0.2, 0) is 115 Å². The normalized spacial score (nSPS) is 21.9. The minimum Gasteiger partial charge on any atom is -0.377 e. The van der Waals surface area contributed by atoms with E-state index in [0.29, 0.717) is 58.7 Å². The zero-order valence-corrected chi connectivity index (χ0v) is 62.6. The number of urea groups is 1. The second kappa shape index (κ2) is 38.9. The Labute approximate surface area is 643 Å². The van der Waals surface area contributed by atoms with Crippen molar-refractivity contribution in [2.75, 3.05) is 51.9 Å². The second-order valence-electron chi connectivity index (χ2n) is 28.1. The van der Waals surface area contributed by atoms with Crippen molar-refractivity contribution in [1.82, 2.24) is 82.3 Å². The first kappa shape index (κ1) is 80.8. The molecule has 12 amide bonds. The SMILES string of the molecule is Cn1cc(C[C@@H]2NC(=O)[C@H](Cc3cn(C)c4ccccc34)NC(=O)[C@@H](CC(N)=O)NC(=O)[C@H](Cc3ccc(F)cc3)NC(=O)[C@@H](NC(=O)COCCOCCOCCNC(=O)CCCCC3SC[C@@H]4NC(=O)N[C@H]34)Cc3cn(nn3)CCCC[C@@H](C(N)=O)NC(=O)[C@@H](Cc3c[nH]c4ccccc34)NC2=O)c2ccccc21. The van der Waals surface area contributed by atoms with E-state index in [1.165, 1.54) is 23.0 Å². The van der Waals surface area contributed by atoms with Crippen LogP contribution in [0.25, 0.3) is 32.7 Å². The van der Waals surface area contributed by atoms with Gasteiger partial charge in [-0.25, -0.2) is 9.18 Å².